The van der Waals surface area contributed by atoms with Crippen molar-refractivity contribution in [3.8, 4) is 0 Å². The second-order valence-electron chi connectivity index (χ2n) is 3.16. The Morgan fingerprint density at radius 2 is 2.00 bits per heavy atom. The number of hydrogen-bond donors (Lipinski definition) is 1. The molecule has 0 spiro atoms. The lowest BCUT2D eigenvalue weighted by Crippen LogP contribution is -2.10. The molecule has 1 N–H and O–H groups in total. The first-order valence-corrected chi connectivity index (χ1v) is 4.91. The molecular formula is C10H11ClF3N. The molecule has 0 fully saturated rings. The van der Waals surface area contributed by atoms with Gasteiger partial charge in [0, 0.05) is 23.7 Å². The molecule has 15 heavy (non-hydrogen) atoms. The third-order valence-electron chi connectivity index (χ3n) is 1.79. The summed E-state index contributed by atoms with van der Waals surface area (Å²) in [5, 5.41) is 3.44. The Morgan fingerprint density at radius 3 is 2.60 bits per heavy atom. The average Bonchev–Trinajstić information content (AvgIpc) is 2.11. The van der Waals surface area contributed by atoms with Gasteiger partial charge in [-0.15, -0.1) is 0 Å². The Kier molecular flexibility index (Phi) is 4.27. The third kappa shape index (κ3) is 5.52. The first-order chi connectivity index (χ1) is 6.97. The number of rotatable bonds is 4. The number of alkyl halides is 3. The third-order valence-corrected chi connectivity index (χ3v) is 2.03. The smallest absolute Gasteiger partial charge is 0.385 e. The van der Waals surface area contributed by atoms with Crippen molar-refractivity contribution in [2.24, 2.45) is 0 Å². The molecule has 0 heterocycles. The van der Waals surface area contributed by atoms with E-state index in [1.54, 1.807) is 24.3 Å². The van der Waals surface area contributed by atoms with E-state index >= 15 is 0 Å². The van der Waals surface area contributed by atoms with Crippen LogP contribution in [0.3, 0.4) is 0 Å². The van der Waals surface area contributed by atoms with Crippen molar-refractivity contribution in [2.75, 3.05) is 11.9 Å². The van der Waals surface area contributed by atoms with E-state index in [0.29, 0.717) is 11.6 Å². The molecule has 5 heteroatoms. The van der Waals surface area contributed by atoms with Crippen LogP contribution in [0.4, 0.5) is 18.9 Å². The summed E-state index contributed by atoms with van der Waals surface area (Å²) in [5.74, 6) is 0. The highest BCUT2D eigenvalue weighted by Crippen LogP contribution is 2.21. The normalized spacial score (nSPS) is 11.5. The van der Waals surface area contributed by atoms with Crippen LogP contribution in [0.1, 0.15) is 12.8 Å². The van der Waals surface area contributed by atoms with E-state index in [2.05, 4.69) is 5.32 Å². The van der Waals surface area contributed by atoms with Crippen molar-refractivity contribution in [3.63, 3.8) is 0 Å². The van der Waals surface area contributed by atoms with E-state index in [0.717, 1.165) is 5.69 Å². The van der Waals surface area contributed by atoms with Crippen LogP contribution >= 0.6 is 11.6 Å². The summed E-state index contributed by atoms with van der Waals surface area (Å²) in [7, 11) is 0. The van der Waals surface area contributed by atoms with Crippen LogP contribution in [0.2, 0.25) is 5.02 Å². The van der Waals surface area contributed by atoms with E-state index in [-0.39, 0.29) is 6.42 Å². The molecule has 1 rings (SSSR count). The lowest BCUT2D eigenvalue weighted by atomic mass is 10.3. The monoisotopic (exact) mass is 237 g/mol. The van der Waals surface area contributed by atoms with E-state index < -0.39 is 12.6 Å². The maximum absolute atomic E-state index is 11.8. The molecule has 0 amide bonds. The minimum atomic E-state index is -4.07. The number of nitrogens with one attached hydrogen (secondary N) is 1. The Labute approximate surface area is 91.2 Å². The molecule has 1 nitrogen and oxygen atoms in total. The number of benzene rings is 1. The van der Waals surface area contributed by atoms with Gasteiger partial charge in [-0.1, -0.05) is 17.7 Å². The van der Waals surface area contributed by atoms with Gasteiger partial charge in [0.15, 0.2) is 0 Å². The second-order valence-corrected chi connectivity index (χ2v) is 3.59. The molecule has 0 bridgehead atoms. The highest BCUT2D eigenvalue weighted by Gasteiger charge is 2.25. The Balaban J connectivity index is 2.26. The van der Waals surface area contributed by atoms with Crippen LogP contribution in [0.5, 0.6) is 0 Å². The number of hydrogen-bond acceptors (Lipinski definition) is 1. The molecular weight excluding hydrogens is 227 g/mol. The maximum Gasteiger partial charge on any atom is 0.389 e. The summed E-state index contributed by atoms with van der Waals surface area (Å²) in [4.78, 5) is 0. The molecule has 0 radical (unpaired) electrons. The molecule has 0 aromatic heterocycles. The molecule has 0 atom stereocenters. The predicted molar refractivity (Wildman–Crippen MR) is 55.2 cm³/mol. The Morgan fingerprint density at radius 1 is 1.27 bits per heavy atom. The maximum atomic E-state index is 11.8. The van der Waals surface area contributed by atoms with Crippen LogP contribution in [-0.4, -0.2) is 12.7 Å². The minimum Gasteiger partial charge on any atom is -0.385 e. The highest BCUT2D eigenvalue weighted by molar-refractivity contribution is 6.30. The van der Waals surface area contributed by atoms with Crippen molar-refractivity contribution in [1.29, 1.82) is 0 Å². The zero-order valence-electron chi connectivity index (χ0n) is 7.94. The molecule has 0 saturated heterocycles. The summed E-state index contributed by atoms with van der Waals surface area (Å²) in [5.41, 5.74) is 0.740. The molecule has 1 aromatic rings. The summed E-state index contributed by atoms with van der Waals surface area (Å²) in [6.45, 7) is 0.292. The van der Waals surface area contributed by atoms with Gasteiger partial charge in [0.25, 0.3) is 0 Å². The molecule has 0 saturated carbocycles. The molecule has 84 valence electrons. The van der Waals surface area contributed by atoms with Gasteiger partial charge in [-0.25, -0.2) is 0 Å². The highest BCUT2D eigenvalue weighted by atomic mass is 35.5. The van der Waals surface area contributed by atoms with Crippen molar-refractivity contribution in [3.05, 3.63) is 29.3 Å². The first-order valence-electron chi connectivity index (χ1n) is 4.53. The molecule has 0 aliphatic heterocycles. The van der Waals surface area contributed by atoms with Crippen molar-refractivity contribution >= 4 is 17.3 Å². The van der Waals surface area contributed by atoms with Crippen molar-refractivity contribution in [2.45, 2.75) is 19.0 Å². The first kappa shape index (κ1) is 12.2. The number of halogens is 4. The molecule has 0 unspecified atom stereocenters. The fraction of sp³-hybridized carbons (Fsp3) is 0.400. The van der Waals surface area contributed by atoms with Gasteiger partial charge in [0.2, 0.25) is 0 Å². The average molecular weight is 238 g/mol. The van der Waals surface area contributed by atoms with Gasteiger partial charge in [0.1, 0.15) is 0 Å². The summed E-state index contributed by atoms with van der Waals surface area (Å²) in [6, 6.07) is 6.89. The Hall–Kier alpha value is -0.900. The van der Waals surface area contributed by atoms with Crippen molar-refractivity contribution in [1.82, 2.24) is 0 Å². The molecule has 0 aliphatic rings. The topological polar surface area (TPSA) is 12.0 Å². The summed E-state index contributed by atoms with van der Waals surface area (Å²) in [6.07, 6.45) is -4.77. The van der Waals surface area contributed by atoms with Crippen LogP contribution < -0.4 is 5.32 Å². The predicted octanol–water partition coefficient (Wildman–Crippen LogP) is 4.09. The van der Waals surface area contributed by atoms with Gasteiger partial charge in [-0.05, 0) is 24.6 Å². The standard InChI is InChI=1S/C10H11ClF3N/c11-8-3-1-4-9(7-8)15-6-2-5-10(12,13)14/h1,3-4,7,15H,2,5-6H2. The summed E-state index contributed by atoms with van der Waals surface area (Å²) < 4.78 is 35.4. The van der Waals surface area contributed by atoms with Gasteiger partial charge < -0.3 is 5.32 Å². The van der Waals surface area contributed by atoms with Crippen LogP contribution in [0.25, 0.3) is 0 Å². The van der Waals surface area contributed by atoms with Gasteiger partial charge >= 0.3 is 6.18 Å². The molecule has 0 aliphatic carbocycles. The quantitative estimate of drug-likeness (QED) is 0.778. The fourth-order valence-electron chi connectivity index (χ4n) is 1.12. The zero-order valence-corrected chi connectivity index (χ0v) is 8.70. The van der Waals surface area contributed by atoms with Crippen LogP contribution in [0, 0.1) is 0 Å². The largest absolute Gasteiger partial charge is 0.389 e. The van der Waals surface area contributed by atoms with Crippen LogP contribution in [-0.2, 0) is 0 Å². The van der Waals surface area contributed by atoms with E-state index in [4.69, 9.17) is 11.6 Å². The second kappa shape index (κ2) is 5.26. The fourth-order valence-corrected chi connectivity index (χ4v) is 1.31. The lowest BCUT2D eigenvalue weighted by Gasteiger charge is -2.08. The molecule has 1 aromatic carbocycles. The summed E-state index contributed by atoms with van der Waals surface area (Å²) >= 11 is 5.71. The SMILES string of the molecule is FC(F)(F)CCCNc1cccc(Cl)c1. The van der Waals surface area contributed by atoms with Gasteiger partial charge in [-0.3, -0.25) is 0 Å². The van der Waals surface area contributed by atoms with Crippen molar-refractivity contribution < 1.29 is 13.2 Å². The minimum absolute atomic E-state index is 0.0655. The number of anilines is 1. The van der Waals surface area contributed by atoms with Crippen LogP contribution in [0.15, 0.2) is 24.3 Å². The van der Waals surface area contributed by atoms with E-state index in [1.165, 1.54) is 0 Å². The van der Waals surface area contributed by atoms with Gasteiger partial charge in [0.05, 0.1) is 0 Å². The van der Waals surface area contributed by atoms with Gasteiger partial charge in [-0.2, -0.15) is 13.2 Å². The van der Waals surface area contributed by atoms with E-state index in [9.17, 15) is 13.2 Å². The zero-order chi connectivity index (χ0) is 11.3. The Bertz CT molecular complexity index is 312. The van der Waals surface area contributed by atoms with E-state index in [1.807, 2.05) is 0 Å². The lowest BCUT2D eigenvalue weighted by molar-refractivity contribution is -0.134.